The summed E-state index contributed by atoms with van der Waals surface area (Å²) in [6, 6.07) is 16.2. The van der Waals surface area contributed by atoms with Crippen molar-refractivity contribution in [2.24, 2.45) is 0 Å². The molecule has 34 heavy (non-hydrogen) atoms. The lowest BCUT2D eigenvalue weighted by Crippen LogP contribution is -2.38. The molecule has 8 heteroatoms. The van der Waals surface area contributed by atoms with Crippen molar-refractivity contribution in [2.75, 3.05) is 58.4 Å². The highest BCUT2D eigenvalue weighted by Gasteiger charge is 2.25. The van der Waals surface area contributed by atoms with E-state index in [1.165, 1.54) is 12.3 Å². The normalized spacial score (nSPS) is 13.8. The summed E-state index contributed by atoms with van der Waals surface area (Å²) in [5, 5.41) is 0. The molecular formula is C26H30FN5O2. The van der Waals surface area contributed by atoms with E-state index in [0.717, 1.165) is 5.56 Å². The average molecular weight is 464 g/mol. The van der Waals surface area contributed by atoms with Crippen LogP contribution in [0.2, 0.25) is 0 Å². The third-order valence-electron chi connectivity index (χ3n) is 5.75. The SMILES string of the molecule is CN(C)CCN(Cc1ccccc1)C(=O)c1cnc(N2CCOCC2)nc1-c1ccccc1F. The third kappa shape index (κ3) is 5.76. The van der Waals surface area contributed by atoms with Gasteiger partial charge in [0.15, 0.2) is 0 Å². The van der Waals surface area contributed by atoms with Gasteiger partial charge in [0.05, 0.1) is 24.5 Å². The van der Waals surface area contributed by atoms with Crippen molar-refractivity contribution in [3.05, 3.63) is 77.7 Å². The maximum Gasteiger partial charge on any atom is 0.257 e. The molecule has 4 rings (SSSR count). The van der Waals surface area contributed by atoms with Gasteiger partial charge in [0.2, 0.25) is 5.95 Å². The Balaban J connectivity index is 1.73. The number of nitrogens with zero attached hydrogens (tertiary/aromatic N) is 5. The van der Waals surface area contributed by atoms with Gasteiger partial charge in [0, 0.05) is 44.5 Å². The molecule has 0 bridgehead atoms. The first-order valence-electron chi connectivity index (χ1n) is 11.5. The molecule has 0 N–H and O–H groups in total. The molecule has 0 atom stereocenters. The molecule has 3 aromatic rings. The van der Waals surface area contributed by atoms with Crippen molar-refractivity contribution in [2.45, 2.75) is 6.54 Å². The van der Waals surface area contributed by atoms with Crippen LogP contribution in [0, 0.1) is 5.82 Å². The first kappa shape index (κ1) is 23.8. The standard InChI is InChI=1S/C26H30FN5O2/c1-30(2)12-13-32(19-20-8-4-3-5-9-20)25(33)22-18-28-26(31-14-16-34-17-15-31)29-24(22)21-10-6-7-11-23(21)27/h3-11,18H,12-17,19H2,1-2H3. The molecule has 1 fully saturated rings. The molecule has 0 aliphatic carbocycles. The molecule has 0 unspecified atom stereocenters. The minimum absolute atomic E-state index is 0.225. The quantitative estimate of drug-likeness (QED) is 0.511. The number of amides is 1. The number of carbonyl (C=O) groups excluding carboxylic acids is 1. The average Bonchev–Trinajstić information content (AvgIpc) is 2.87. The number of likely N-dealkylation sites (N-methyl/N-ethyl adjacent to an activating group) is 1. The van der Waals surface area contributed by atoms with E-state index >= 15 is 0 Å². The van der Waals surface area contributed by atoms with Gasteiger partial charge in [-0.05, 0) is 31.8 Å². The lowest BCUT2D eigenvalue weighted by molar-refractivity contribution is 0.0732. The van der Waals surface area contributed by atoms with Gasteiger partial charge in [0.25, 0.3) is 5.91 Å². The van der Waals surface area contributed by atoms with Crippen molar-refractivity contribution in [1.29, 1.82) is 0 Å². The van der Waals surface area contributed by atoms with E-state index in [2.05, 4.69) is 4.98 Å². The smallest absolute Gasteiger partial charge is 0.257 e. The number of halogens is 1. The summed E-state index contributed by atoms with van der Waals surface area (Å²) < 4.78 is 20.3. The Morgan fingerprint density at radius 3 is 2.44 bits per heavy atom. The van der Waals surface area contributed by atoms with Gasteiger partial charge in [-0.2, -0.15) is 0 Å². The largest absolute Gasteiger partial charge is 0.378 e. The van der Waals surface area contributed by atoms with Crippen LogP contribution in [0.1, 0.15) is 15.9 Å². The molecule has 1 aromatic heterocycles. The van der Waals surface area contributed by atoms with Crippen LogP contribution in [0.5, 0.6) is 0 Å². The Hall–Kier alpha value is -3.36. The second kappa shape index (κ2) is 11.2. The fraction of sp³-hybridized carbons (Fsp3) is 0.346. The topological polar surface area (TPSA) is 61.8 Å². The summed E-state index contributed by atoms with van der Waals surface area (Å²) in [7, 11) is 3.94. The van der Waals surface area contributed by atoms with Crippen molar-refractivity contribution < 1.29 is 13.9 Å². The molecule has 178 valence electrons. The summed E-state index contributed by atoms with van der Waals surface area (Å²) in [5.74, 6) is -0.176. The van der Waals surface area contributed by atoms with Gasteiger partial charge in [-0.15, -0.1) is 0 Å². The molecule has 0 spiro atoms. The summed E-state index contributed by atoms with van der Waals surface area (Å²) in [6.07, 6.45) is 1.54. The second-order valence-electron chi connectivity index (χ2n) is 8.53. The molecule has 2 heterocycles. The van der Waals surface area contributed by atoms with Gasteiger partial charge in [0.1, 0.15) is 5.82 Å². The van der Waals surface area contributed by atoms with E-state index in [0.29, 0.717) is 57.6 Å². The number of rotatable bonds is 8. The van der Waals surface area contributed by atoms with E-state index in [1.807, 2.05) is 54.2 Å². The molecule has 1 aliphatic rings. The predicted octanol–water partition coefficient (Wildman–Crippen LogP) is 3.32. The van der Waals surface area contributed by atoms with Crippen LogP contribution in [-0.4, -0.2) is 79.2 Å². The van der Waals surface area contributed by atoms with Crippen molar-refractivity contribution in [3.8, 4) is 11.3 Å². The first-order valence-corrected chi connectivity index (χ1v) is 11.5. The molecule has 2 aromatic carbocycles. The van der Waals surface area contributed by atoms with Crippen LogP contribution < -0.4 is 4.90 Å². The number of benzene rings is 2. The van der Waals surface area contributed by atoms with E-state index in [4.69, 9.17) is 9.72 Å². The Morgan fingerprint density at radius 1 is 1.03 bits per heavy atom. The molecular weight excluding hydrogens is 433 g/mol. The van der Waals surface area contributed by atoms with Gasteiger partial charge in [-0.3, -0.25) is 4.79 Å². The number of hydrogen-bond donors (Lipinski definition) is 0. The molecule has 1 saturated heterocycles. The summed E-state index contributed by atoms with van der Waals surface area (Å²) in [6.45, 7) is 4.10. The van der Waals surface area contributed by atoms with Crippen LogP contribution in [0.4, 0.5) is 10.3 Å². The Kier molecular flexibility index (Phi) is 7.82. The van der Waals surface area contributed by atoms with Crippen LogP contribution >= 0.6 is 0 Å². The number of anilines is 1. The molecule has 1 aliphatic heterocycles. The third-order valence-corrected chi connectivity index (χ3v) is 5.75. The van der Waals surface area contributed by atoms with Crippen molar-refractivity contribution >= 4 is 11.9 Å². The van der Waals surface area contributed by atoms with Crippen molar-refractivity contribution in [1.82, 2.24) is 19.8 Å². The van der Waals surface area contributed by atoms with Crippen LogP contribution in [-0.2, 0) is 11.3 Å². The zero-order valence-electron chi connectivity index (χ0n) is 19.7. The maximum absolute atomic E-state index is 14.9. The van der Waals surface area contributed by atoms with Crippen LogP contribution in [0.25, 0.3) is 11.3 Å². The first-order chi connectivity index (χ1) is 16.5. The van der Waals surface area contributed by atoms with E-state index in [9.17, 15) is 9.18 Å². The van der Waals surface area contributed by atoms with E-state index in [1.54, 1.807) is 23.1 Å². The maximum atomic E-state index is 14.9. The minimum Gasteiger partial charge on any atom is -0.378 e. The lowest BCUT2D eigenvalue weighted by Gasteiger charge is -2.28. The highest BCUT2D eigenvalue weighted by atomic mass is 19.1. The highest BCUT2D eigenvalue weighted by molar-refractivity contribution is 6.00. The number of aromatic nitrogens is 2. The van der Waals surface area contributed by atoms with Crippen LogP contribution in [0.15, 0.2) is 60.8 Å². The molecule has 0 radical (unpaired) electrons. The summed E-state index contributed by atoms with van der Waals surface area (Å²) in [5.41, 5.74) is 1.90. The fourth-order valence-corrected chi connectivity index (χ4v) is 3.85. The fourth-order valence-electron chi connectivity index (χ4n) is 3.85. The van der Waals surface area contributed by atoms with E-state index < -0.39 is 5.82 Å². The number of ether oxygens (including phenoxy) is 1. The second-order valence-corrected chi connectivity index (χ2v) is 8.53. The Labute approximate surface area is 199 Å². The molecule has 1 amide bonds. The van der Waals surface area contributed by atoms with Gasteiger partial charge >= 0.3 is 0 Å². The predicted molar refractivity (Wildman–Crippen MR) is 130 cm³/mol. The number of morpholine rings is 1. The lowest BCUT2D eigenvalue weighted by atomic mass is 10.0. The van der Waals surface area contributed by atoms with Gasteiger partial charge in [-0.25, -0.2) is 14.4 Å². The number of hydrogen-bond acceptors (Lipinski definition) is 6. The molecule has 0 saturated carbocycles. The Bertz CT molecular complexity index is 1100. The zero-order chi connectivity index (χ0) is 23.9. The summed E-state index contributed by atoms with van der Waals surface area (Å²) in [4.78, 5) is 28.8. The Morgan fingerprint density at radius 2 is 1.74 bits per heavy atom. The minimum atomic E-state index is -0.425. The van der Waals surface area contributed by atoms with E-state index in [-0.39, 0.29) is 17.0 Å². The monoisotopic (exact) mass is 463 g/mol. The summed E-state index contributed by atoms with van der Waals surface area (Å²) >= 11 is 0. The number of carbonyl (C=O) groups is 1. The highest BCUT2D eigenvalue weighted by Crippen LogP contribution is 2.27. The van der Waals surface area contributed by atoms with Gasteiger partial charge < -0.3 is 19.4 Å². The zero-order valence-corrected chi connectivity index (χ0v) is 19.7. The molecule has 7 nitrogen and oxygen atoms in total. The van der Waals surface area contributed by atoms with Crippen molar-refractivity contribution in [3.63, 3.8) is 0 Å². The van der Waals surface area contributed by atoms with Crippen LogP contribution in [0.3, 0.4) is 0 Å². The van der Waals surface area contributed by atoms with Gasteiger partial charge in [-0.1, -0.05) is 42.5 Å².